The number of benzene rings is 2. The molecule has 2 unspecified atom stereocenters. The van der Waals surface area contributed by atoms with Crippen LogP contribution >= 0.6 is 11.6 Å². The molecule has 4 amide bonds. The molecule has 6 aromatic rings. The lowest BCUT2D eigenvalue weighted by molar-refractivity contribution is -0.132. The lowest BCUT2D eigenvalue weighted by Crippen LogP contribution is -2.43. The van der Waals surface area contributed by atoms with Crippen LogP contribution in [0.4, 0.5) is 20.4 Å². The third-order valence-corrected chi connectivity index (χ3v) is 13.9. The minimum Gasteiger partial charge on any atom is -0.342 e. The molecule has 3 N–H and O–H groups in total. The van der Waals surface area contributed by atoms with Crippen molar-refractivity contribution < 1.29 is 28.0 Å². The Balaban J connectivity index is 0.000000191. The summed E-state index contributed by atoms with van der Waals surface area (Å²) in [5.41, 5.74) is 4.57. The summed E-state index contributed by atoms with van der Waals surface area (Å²) in [6.45, 7) is 17.1. The summed E-state index contributed by atoms with van der Waals surface area (Å²) < 4.78 is 32.9. The van der Waals surface area contributed by atoms with Crippen LogP contribution < -0.4 is 16.0 Å². The van der Waals surface area contributed by atoms with Crippen molar-refractivity contribution in [2.75, 3.05) is 62.3 Å². The van der Waals surface area contributed by atoms with Gasteiger partial charge in [0.2, 0.25) is 23.5 Å². The molecule has 23 heteroatoms. The lowest BCUT2D eigenvalue weighted by atomic mass is 9.91. The maximum atomic E-state index is 15.0. The average molecular weight is 1070 g/mol. The van der Waals surface area contributed by atoms with Gasteiger partial charge < -0.3 is 25.8 Å². The molecule has 4 aromatic heterocycles. The summed E-state index contributed by atoms with van der Waals surface area (Å²) in [4.78, 5) is 64.1. The summed E-state index contributed by atoms with van der Waals surface area (Å²) >= 11 is 5.34. The molecule has 2 fully saturated rings. The summed E-state index contributed by atoms with van der Waals surface area (Å²) in [6, 6.07) is 16.4. The number of aromatic nitrogens is 10. The first-order chi connectivity index (χ1) is 36.1. The zero-order chi connectivity index (χ0) is 53.3. The van der Waals surface area contributed by atoms with Crippen LogP contribution in [0.3, 0.4) is 0 Å². The average Bonchev–Trinajstić information content (AvgIpc) is 4.27. The first-order valence-electron chi connectivity index (χ1n) is 25.5. The van der Waals surface area contributed by atoms with Crippen molar-refractivity contribution in [3.63, 3.8) is 0 Å². The molecule has 0 bridgehead atoms. The first-order valence-corrected chi connectivity index (χ1v) is 26.0. The van der Waals surface area contributed by atoms with Crippen molar-refractivity contribution in [2.45, 2.75) is 112 Å². The van der Waals surface area contributed by atoms with Gasteiger partial charge in [0.1, 0.15) is 40.5 Å². The second-order valence-electron chi connectivity index (χ2n) is 19.5. The molecule has 10 rings (SSSR count). The van der Waals surface area contributed by atoms with E-state index in [1.54, 1.807) is 57.9 Å². The van der Waals surface area contributed by atoms with E-state index in [2.05, 4.69) is 61.9 Å². The minimum atomic E-state index is -0.592. The molecule has 404 valence electrons. The van der Waals surface area contributed by atoms with E-state index in [4.69, 9.17) is 11.6 Å². The van der Waals surface area contributed by atoms with Gasteiger partial charge in [0, 0.05) is 44.8 Å². The van der Waals surface area contributed by atoms with Crippen LogP contribution in [-0.4, -0.2) is 140 Å². The molecule has 0 spiro atoms. The zero-order valence-corrected chi connectivity index (χ0v) is 43.8. The van der Waals surface area contributed by atoms with Crippen molar-refractivity contribution in [2.24, 2.45) is 0 Å². The van der Waals surface area contributed by atoms with E-state index in [9.17, 15) is 23.6 Å². The highest BCUT2D eigenvalue weighted by atomic mass is 35.5. The second-order valence-corrected chi connectivity index (χ2v) is 19.8. The Kier molecular flexibility index (Phi) is 19.0. The van der Waals surface area contributed by atoms with E-state index >= 15 is 4.39 Å². The molecule has 4 aliphatic heterocycles. The van der Waals surface area contributed by atoms with Crippen LogP contribution in [0.15, 0.2) is 60.7 Å². The fourth-order valence-electron chi connectivity index (χ4n) is 9.58. The number of likely N-dealkylation sites (tertiary alicyclic amines) is 2. The maximum Gasteiger partial charge on any atom is 0.259 e. The quantitative estimate of drug-likeness (QED) is 0.106. The highest BCUT2D eigenvalue weighted by Crippen LogP contribution is 2.33. The van der Waals surface area contributed by atoms with Gasteiger partial charge >= 0.3 is 0 Å². The molecule has 8 heterocycles. The van der Waals surface area contributed by atoms with E-state index in [0.29, 0.717) is 48.4 Å². The summed E-state index contributed by atoms with van der Waals surface area (Å²) in [5.74, 6) is -0.365. The van der Waals surface area contributed by atoms with Crippen LogP contribution in [0.1, 0.15) is 142 Å². The number of carbonyl (C=O) groups is 4. The number of nitrogens with one attached hydrogen (secondary N) is 3. The number of nitrogens with zero attached hydrogens (tertiary/aromatic N) is 13. The summed E-state index contributed by atoms with van der Waals surface area (Å²) in [6.07, 6.45) is 5.75. The Morgan fingerprint density at radius 3 is 1.63 bits per heavy atom. The standard InChI is InChI=1S/C26H31FN8O2.C20H22FN7O.C6H10ClNO.CH4/c1-16(2)35-25(30-31-32-35)22-7-6-8-23(28-22)29-26(37)20-14-19-17(3)34(12-9-18(19)13-21(20)27)15-24(36)33-10-4-5-11-33;1-11(2)28-19(25-26-27-28)17-5-4-6-18(23-17)24-20(29)15-10-14-12(3)22-8-7-13(14)9-16(15)21;7-5-6(9)8-3-1-2-4-8;/h6-8,13-14,16-17H,4-5,9-12,15H2,1-3H3,(H,28,29,37);4-6,9-12,22H,7-8H2,1-3H3,(H,23,24,29);1-5H2;1H4. The number of rotatable bonds is 11. The van der Waals surface area contributed by atoms with Crippen LogP contribution in [0, 0.1) is 11.6 Å². The van der Waals surface area contributed by atoms with E-state index < -0.39 is 23.4 Å². The molecule has 0 aliphatic carbocycles. The topological polar surface area (TPSA) is 227 Å². The second kappa shape index (κ2) is 25.6. The zero-order valence-electron chi connectivity index (χ0n) is 43.1. The number of carbonyl (C=O) groups excluding carboxylic acids is 4. The Morgan fingerprint density at radius 2 is 1.14 bits per heavy atom. The molecule has 4 aliphatic rings. The maximum absolute atomic E-state index is 15.0. The number of tetrazole rings is 2. The number of fused-ring (bicyclic) bond motifs is 2. The van der Waals surface area contributed by atoms with Crippen LogP contribution in [-0.2, 0) is 22.4 Å². The number of hydrogen-bond donors (Lipinski definition) is 3. The lowest BCUT2D eigenvalue weighted by Gasteiger charge is -2.36. The molecule has 2 aromatic carbocycles. The van der Waals surface area contributed by atoms with Crippen LogP contribution in [0.5, 0.6) is 0 Å². The predicted octanol–water partition coefficient (Wildman–Crippen LogP) is 7.65. The number of amides is 4. The fraction of sp³-hybridized carbons (Fsp3) is 0.472. The van der Waals surface area contributed by atoms with Crippen molar-refractivity contribution >= 4 is 46.9 Å². The third-order valence-electron chi connectivity index (χ3n) is 13.7. The summed E-state index contributed by atoms with van der Waals surface area (Å²) in [5, 5.41) is 32.1. The number of alkyl halides is 1. The number of hydrogen-bond acceptors (Lipinski definition) is 14. The van der Waals surface area contributed by atoms with Gasteiger partial charge in [-0.3, -0.25) is 24.1 Å². The van der Waals surface area contributed by atoms with Crippen LogP contribution in [0.2, 0.25) is 0 Å². The van der Waals surface area contributed by atoms with Gasteiger partial charge in [-0.05, 0) is 178 Å². The SMILES string of the molecule is C.CC1NCCc2cc(F)c(C(=O)Nc3cccc(-c4nnnn4C(C)C)n3)cc21.CC1c2cc(C(=O)Nc3cccc(-c4nnnn4C(C)C)n3)c(F)cc2CCN1CC(=O)N1CCCC1.O=C(CCl)N1CCCC1. The largest absolute Gasteiger partial charge is 0.342 e. The Morgan fingerprint density at radius 1 is 0.671 bits per heavy atom. The first kappa shape index (κ1) is 56.6. The van der Waals surface area contributed by atoms with Crippen molar-refractivity contribution in [1.29, 1.82) is 0 Å². The van der Waals surface area contributed by atoms with E-state index in [0.717, 1.165) is 87.1 Å². The number of pyridine rings is 2. The van der Waals surface area contributed by atoms with Gasteiger partial charge in [0.25, 0.3) is 11.8 Å². The van der Waals surface area contributed by atoms with Crippen LogP contribution in [0.25, 0.3) is 23.0 Å². The van der Waals surface area contributed by atoms with E-state index in [1.165, 1.54) is 12.1 Å². The summed E-state index contributed by atoms with van der Waals surface area (Å²) in [7, 11) is 0. The van der Waals surface area contributed by atoms with Crippen molar-refractivity contribution in [3.8, 4) is 23.0 Å². The smallest absolute Gasteiger partial charge is 0.259 e. The van der Waals surface area contributed by atoms with Gasteiger partial charge in [0.15, 0.2) is 0 Å². The van der Waals surface area contributed by atoms with Gasteiger partial charge in [-0.25, -0.2) is 28.1 Å². The van der Waals surface area contributed by atoms with Gasteiger partial charge in [-0.15, -0.1) is 21.8 Å². The normalized spacial score (nSPS) is 16.9. The van der Waals surface area contributed by atoms with E-state index in [-0.39, 0.29) is 66.2 Å². The van der Waals surface area contributed by atoms with Gasteiger partial charge in [-0.2, -0.15) is 0 Å². The van der Waals surface area contributed by atoms with Gasteiger partial charge in [0.05, 0.1) is 29.8 Å². The Bertz CT molecular complexity index is 3010. The van der Waals surface area contributed by atoms with Crippen molar-refractivity contribution in [3.05, 3.63) is 106 Å². The third kappa shape index (κ3) is 13.3. The van der Waals surface area contributed by atoms with Gasteiger partial charge in [-0.1, -0.05) is 19.6 Å². The monoisotopic (exact) mass is 1060 g/mol. The minimum absolute atomic E-state index is 0. The van der Waals surface area contributed by atoms with E-state index in [1.807, 2.05) is 51.3 Å². The number of anilines is 2. The molecule has 0 saturated carbocycles. The predicted molar refractivity (Wildman–Crippen MR) is 284 cm³/mol. The highest BCUT2D eigenvalue weighted by Gasteiger charge is 2.30. The molecule has 2 atom stereocenters. The fourth-order valence-corrected chi connectivity index (χ4v) is 9.74. The molecule has 76 heavy (non-hydrogen) atoms. The molecule has 2 saturated heterocycles. The molecular weight excluding hydrogens is 998 g/mol. The Hall–Kier alpha value is -7.17. The number of halogens is 3. The Labute approximate surface area is 446 Å². The molecular formula is C53H67ClF2N16O4. The highest BCUT2D eigenvalue weighted by molar-refractivity contribution is 6.27. The molecule has 0 radical (unpaired) electrons. The molecule has 20 nitrogen and oxygen atoms in total. The van der Waals surface area contributed by atoms with Crippen molar-refractivity contribution in [1.82, 2.24) is 70.4 Å².